The van der Waals surface area contributed by atoms with E-state index in [1.165, 1.54) is 0 Å². The molecule has 1 saturated carbocycles. The number of fused-ring (bicyclic) bond motifs is 3. The number of imidazole rings is 2. The van der Waals surface area contributed by atoms with Gasteiger partial charge < -0.3 is 30.7 Å². The van der Waals surface area contributed by atoms with Gasteiger partial charge in [-0.25, -0.2) is 42.2 Å². The van der Waals surface area contributed by atoms with Crippen LogP contribution < -0.4 is 17.0 Å². The van der Waals surface area contributed by atoms with E-state index < -0.39 is 95.2 Å². The molecule has 2 unspecified atom stereocenters. The van der Waals surface area contributed by atoms with Gasteiger partial charge in [-0.05, 0) is 0 Å². The molecule has 1 spiro atoms. The minimum atomic E-state index is -5.37. The lowest BCUT2D eigenvalue weighted by Crippen LogP contribution is -2.37. The number of alkyl halides is 3. The number of H-pyrrole nitrogens is 1. The summed E-state index contributed by atoms with van der Waals surface area (Å²) in [5.41, 5.74) is 7.88. The van der Waals surface area contributed by atoms with Gasteiger partial charge in [0.15, 0.2) is 41.3 Å². The maximum Gasteiger partial charge on any atom is 0.472 e. The topological polar surface area (TPSA) is 289 Å². The summed E-state index contributed by atoms with van der Waals surface area (Å²) in [5, 5.41) is 0. The summed E-state index contributed by atoms with van der Waals surface area (Å²) in [7, 11) is -10.7. The third kappa shape index (κ3) is 4.78. The third-order valence-electron chi connectivity index (χ3n) is 8.66. The summed E-state index contributed by atoms with van der Waals surface area (Å²) < 4.78 is 107. The SMILES string of the molecule is Nc1nc2c(ncn2[C@@H]2O[C@@H]3COP(=O)(O)O[C@H]4[C@H](n5cnc6c(N)ncnc65)O[C@H](COP(=O)(O)O[C@H]3[C@H]2F)[C@@]42CC2(F)F)c(=O)[nH]1. The first kappa shape index (κ1) is 31.7. The van der Waals surface area contributed by atoms with E-state index >= 15 is 13.2 Å². The normalized spacial score (nSPS) is 39.6. The minimum Gasteiger partial charge on any atom is -0.382 e. The number of hydrogen-bond acceptors (Lipinski definition) is 16. The van der Waals surface area contributed by atoms with Crippen LogP contribution in [0, 0.1) is 5.41 Å². The molecule has 48 heavy (non-hydrogen) atoms. The largest absolute Gasteiger partial charge is 0.472 e. The van der Waals surface area contributed by atoms with E-state index in [0.29, 0.717) is 0 Å². The van der Waals surface area contributed by atoms with E-state index in [9.17, 15) is 23.7 Å². The fourth-order valence-electron chi connectivity index (χ4n) is 6.38. The highest BCUT2D eigenvalue weighted by Crippen LogP contribution is 2.73. The molecule has 2 bridgehead atoms. The van der Waals surface area contributed by atoms with Crippen molar-refractivity contribution < 1.29 is 59.7 Å². The summed E-state index contributed by atoms with van der Waals surface area (Å²) >= 11 is 0. The Morgan fingerprint density at radius 2 is 1.60 bits per heavy atom. The molecule has 0 radical (unpaired) electrons. The Labute approximate surface area is 263 Å². The number of nitrogens with two attached hydrogens (primary N) is 2. The lowest BCUT2D eigenvalue weighted by atomic mass is 9.94. The fourth-order valence-corrected chi connectivity index (χ4v) is 8.30. The summed E-state index contributed by atoms with van der Waals surface area (Å²) in [6.07, 6.45) is -11.0. The van der Waals surface area contributed by atoms with Crippen molar-refractivity contribution in [3.8, 4) is 0 Å². The zero-order chi connectivity index (χ0) is 34.0. The van der Waals surface area contributed by atoms with Crippen molar-refractivity contribution in [3.05, 3.63) is 29.3 Å². The number of nitrogen functional groups attached to an aromatic ring is 2. The van der Waals surface area contributed by atoms with Crippen LogP contribution in [-0.4, -0.2) is 98.5 Å². The first-order valence-corrected chi connectivity index (χ1v) is 16.9. The van der Waals surface area contributed by atoms with Crippen molar-refractivity contribution in [3.63, 3.8) is 0 Å². The number of anilines is 2. The zero-order valence-electron chi connectivity index (χ0n) is 23.8. The molecule has 4 aliphatic rings. The van der Waals surface area contributed by atoms with E-state index in [1.807, 2.05) is 0 Å². The smallest absolute Gasteiger partial charge is 0.382 e. The van der Waals surface area contributed by atoms with Gasteiger partial charge in [-0.3, -0.25) is 37.0 Å². The zero-order valence-corrected chi connectivity index (χ0v) is 25.6. The van der Waals surface area contributed by atoms with Gasteiger partial charge in [-0.15, -0.1) is 0 Å². The Bertz CT molecular complexity index is 2120. The highest BCUT2D eigenvalue weighted by atomic mass is 31.2. The van der Waals surface area contributed by atoms with E-state index in [-0.39, 0.29) is 34.1 Å². The molecule has 0 amide bonds. The number of phosphoric acid groups is 2. The predicted octanol–water partition coefficient (Wildman–Crippen LogP) is 0.300. The van der Waals surface area contributed by atoms with Crippen molar-refractivity contribution in [2.75, 3.05) is 24.7 Å². The van der Waals surface area contributed by atoms with Crippen molar-refractivity contribution in [2.45, 2.75) is 55.4 Å². The molecule has 4 aromatic heterocycles. The number of nitrogens with one attached hydrogen (secondary N) is 1. The first-order chi connectivity index (χ1) is 22.6. The van der Waals surface area contributed by atoms with Gasteiger partial charge in [-0.2, -0.15) is 4.98 Å². The first-order valence-electron chi connectivity index (χ1n) is 13.9. The summed E-state index contributed by atoms with van der Waals surface area (Å²) in [6.45, 7) is -2.09. The monoisotopic (exact) mass is 722 g/mol. The molecule has 3 saturated heterocycles. The van der Waals surface area contributed by atoms with Crippen molar-refractivity contribution in [1.29, 1.82) is 0 Å². The number of nitrogens with zero attached hydrogens (tertiary/aromatic N) is 7. The van der Waals surface area contributed by atoms with Crippen molar-refractivity contribution in [2.24, 2.45) is 5.41 Å². The molecule has 26 heteroatoms. The number of aromatic amines is 1. The lowest BCUT2D eigenvalue weighted by Gasteiger charge is -2.27. The van der Waals surface area contributed by atoms with Gasteiger partial charge in [0.2, 0.25) is 5.95 Å². The molecule has 0 aromatic carbocycles. The van der Waals surface area contributed by atoms with Gasteiger partial charge in [0.25, 0.3) is 11.5 Å². The van der Waals surface area contributed by atoms with Gasteiger partial charge in [0.1, 0.15) is 30.2 Å². The molecule has 10 atom stereocenters. The summed E-state index contributed by atoms with van der Waals surface area (Å²) in [4.78, 5) is 55.7. The van der Waals surface area contributed by atoms with E-state index in [0.717, 1.165) is 28.1 Å². The van der Waals surface area contributed by atoms with Gasteiger partial charge >= 0.3 is 15.6 Å². The van der Waals surface area contributed by atoms with Crippen LogP contribution in [0.4, 0.5) is 24.9 Å². The van der Waals surface area contributed by atoms with Crippen molar-refractivity contribution in [1.82, 2.24) is 39.0 Å². The van der Waals surface area contributed by atoms with Crippen LogP contribution in [0.2, 0.25) is 0 Å². The van der Waals surface area contributed by atoms with Crippen LogP contribution in [0.1, 0.15) is 18.9 Å². The lowest BCUT2D eigenvalue weighted by molar-refractivity contribution is -0.0672. The third-order valence-corrected chi connectivity index (χ3v) is 10.6. The maximum atomic E-state index is 16.0. The van der Waals surface area contributed by atoms with Crippen LogP contribution in [0.25, 0.3) is 22.3 Å². The Balaban J connectivity index is 1.15. The second-order valence-electron chi connectivity index (χ2n) is 11.4. The molecule has 7 heterocycles. The number of ether oxygens (including phenoxy) is 2. The highest BCUT2D eigenvalue weighted by molar-refractivity contribution is 7.47. The number of aromatic nitrogens is 8. The van der Waals surface area contributed by atoms with Crippen LogP contribution in [-0.2, 0) is 36.7 Å². The summed E-state index contributed by atoms with van der Waals surface area (Å²) in [6, 6.07) is 0. The van der Waals surface area contributed by atoms with E-state index in [2.05, 4.69) is 29.9 Å². The van der Waals surface area contributed by atoms with Crippen LogP contribution in [0.3, 0.4) is 0 Å². The quantitative estimate of drug-likeness (QED) is 0.174. The van der Waals surface area contributed by atoms with Crippen molar-refractivity contribution >= 4 is 49.7 Å². The molecule has 1 aliphatic carbocycles. The van der Waals surface area contributed by atoms with Crippen LogP contribution >= 0.6 is 15.6 Å². The highest BCUT2D eigenvalue weighted by Gasteiger charge is 2.84. The van der Waals surface area contributed by atoms with E-state index in [1.54, 1.807) is 0 Å². The molecular weight excluding hydrogens is 699 g/mol. The maximum absolute atomic E-state index is 16.0. The second kappa shape index (κ2) is 10.5. The molecule has 4 aromatic rings. The number of rotatable bonds is 2. The average molecular weight is 722 g/mol. The fraction of sp³-hybridized carbons (Fsp3) is 0.545. The summed E-state index contributed by atoms with van der Waals surface area (Å²) in [5.74, 6) is -4.00. The molecule has 258 valence electrons. The molecule has 4 fully saturated rings. The minimum absolute atomic E-state index is 0.0137. The van der Waals surface area contributed by atoms with Gasteiger partial charge in [-0.1, -0.05) is 0 Å². The molecule has 21 nitrogen and oxygen atoms in total. The predicted molar refractivity (Wildman–Crippen MR) is 148 cm³/mol. The Morgan fingerprint density at radius 3 is 2.33 bits per heavy atom. The van der Waals surface area contributed by atoms with E-state index in [4.69, 9.17) is 39.0 Å². The number of halogens is 3. The molecule has 8 rings (SSSR count). The number of hydrogen-bond donors (Lipinski definition) is 5. The molecular formula is C22H23F3N10O11P2. The van der Waals surface area contributed by atoms with Crippen LogP contribution in [0.15, 0.2) is 23.8 Å². The molecule has 7 N–H and O–H groups in total. The Morgan fingerprint density at radius 1 is 0.938 bits per heavy atom. The Hall–Kier alpha value is -3.57. The second-order valence-corrected chi connectivity index (χ2v) is 14.2. The average Bonchev–Trinajstić information content (AvgIpc) is 3.49. The van der Waals surface area contributed by atoms with Crippen LogP contribution in [0.5, 0.6) is 0 Å². The van der Waals surface area contributed by atoms with Gasteiger partial charge in [0.05, 0.1) is 37.4 Å². The number of phosphoric ester groups is 2. The standard InChI is InChI=1S/C22H23F3N10O11P2/c23-9-12-7(43-18(9)35-6-31-11-16(35)32-20(27)33-17(11)36)1-41-48(39,40)46-13-19(34-5-30-10-14(26)28-4-29-15(10)34)44-8(2-42-47(37,38)45-12)21(13)3-22(21,24)25/h4-9,12-13,18-19H,1-3H2,(H,37,38)(H,39,40)(H2,26,28,29)(H3,27,32,33,36)/t7-,8-,9-,12-,13+,18-,19-,21+/m1/s1. The Kier molecular flexibility index (Phi) is 6.91. The van der Waals surface area contributed by atoms with Gasteiger partial charge in [0, 0.05) is 6.42 Å². The molecule has 3 aliphatic heterocycles.